The van der Waals surface area contributed by atoms with Crippen molar-refractivity contribution in [1.29, 1.82) is 0 Å². The molecule has 9 nitrogen and oxygen atoms in total. The van der Waals surface area contributed by atoms with E-state index in [0.717, 1.165) is 17.4 Å². The highest BCUT2D eigenvalue weighted by Crippen LogP contribution is 2.34. The molecule has 0 aromatic heterocycles. The molecule has 0 spiro atoms. The van der Waals surface area contributed by atoms with Gasteiger partial charge in [0.25, 0.3) is 0 Å². The number of nitrogens with zero attached hydrogens (tertiary/aromatic N) is 2. The normalized spacial score (nSPS) is 13.9. The summed E-state index contributed by atoms with van der Waals surface area (Å²) in [6.07, 6.45) is 1.49. The third kappa shape index (κ3) is 8.11. The Morgan fingerprint density at radius 2 is 1.74 bits per heavy atom. The molecule has 0 saturated heterocycles. The van der Waals surface area contributed by atoms with Gasteiger partial charge in [-0.2, -0.15) is 0 Å². The fourth-order valence-corrected chi connectivity index (χ4v) is 5.21. The highest BCUT2D eigenvalue weighted by Gasteiger charge is 2.29. The standard InChI is InChI=1S/C28H39N3O6S/c1-20-9-7-10-22(17-20)19-30(21(2)27(33)29-28(3,4)5)26(32)11-8-14-31(38(6,34)35)23-12-13-24-25(18-23)37-16-15-36-24/h7,9-10,12-13,17-18,21H,8,11,14-16,19H2,1-6H3,(H,29,33). The van der Waals surface area contributed by atoms with E-state index in [9.17, 15) is 18.0 Å². The number of carbonyl (C=O) groups is 2. The third-order valence-electron chi connectivity index (χ3n) is 6.07. The largest absolute Gasteiger partial charge is 0.486 e. The number of sulfonamides is 1. The second kappa shape index (κ2) is 12.1. The Hall–Kier alpha value is -3.27. The SMILES string of the molecule is Cc1cccc(CN(C(=O)CCCN(c2ccc3c(c2)OCCO3)S(C)(=O)=O)C(C)C(=O)NC(C)(C)C)c1. The first-order chi connectivity index (χ1) is 17.7. The van der Waals surface area contributed by atoms with Crippen molar-refractivity contribution in [3.05, 3.63) is 53.6 Å². The number of anilines is 1. The number of aryl methyl sites for hydroxylation is 1. The predicted molar refractivity (Wildman–Crippen MR) is 148 cm³/mol. The van der Waals surface area contributed by atoms with Crippen molar-refractivity contribution in [3.8, 4) is 11.5 Å². The van der Waals surface area contributed by atoms with E-state index in [1.807, 2.05) is 52.0 Å². The van der Waals surface area contributed by atoms with E-state index in [0.29, 0.717) is 30.4 Å². The molecule has 2 aromatic carbocycles. The molecule has 3 rings (SSSR count). The summed E-state index contributed by atoms with van der Waals surface area (Å²) in [5.74, 6) is 0.589. The van der Waals surface area contributed by atoms with E-state index in [2.05, 4.69) is 5.32 Å². The lowest BCUT2D eigenvalue weighted by atomic mass is 10.1. The van der Waals surface area contributed by atoms with Crippen molar-refractivity contribution in [1.82, 2.24) is 10.2 Å². The van der Waals surface area contributed by atoms with E-state index in [4.69, 9.17) is 9.47 Å². The van der Waals surface area contributed by atoms with Crippen LogP contribution in [0.5, 0.6) is 11.5 Å². The first kappa shape index (κ1) is 29.3. The predicted octanol–water partition coefficient (Wildman–Crippen LogP) is 3.64. The van der Waals surface area contributed by atoms with Gasteiger partial charge in [-0.1, -0.05) is 29.8 Å². The molecule has 1 aliphatic heterocycles. The van der Waals surface area contributed by atoms with Gasteiger partial charge in [0.1, 0.15) is 19.3 Å². The Labute approximate surface area is 226 Å². The van der Waals surface area contributed by atoms with E-state index < -0.39 is 21.6 Å². The molecule has 1 aliphatic rings. The molecule has 0 fully saturated rings. The van der Waals surface area contributed by atoms with Gasteiger partial charge in [-0.15, -0.1) is 0 Å². The monoisotopic (exact) mass is 545 g/mol. The summed E-state index contributed by atoms with van der Waals surface area (Å²) < 4.78 is 37.6. The Balaban J connectivity index is 1.75. The molecule has 0 radical (unpaired) electrons. The number of benzene rings is 2. The molecule has 2 amide bonds. The average Bonchev–Trinajstić information content (AvgIpc) is 2.82. The van der Waals surface area contributed by atoms with Crippen molar-refractivity contribution >= 4 is 27.5 Å². The van der Waals surface area contributed by atoms with E-state index in [1.165, 1.54) is 4.31 Å². The molecule has 0 aliphatic carbocycles. The summed E-state index contributed by atoms with van der Waals surface area (Å²) in [6, 6.07) is 12.1. The highest BCUT2D eigenvalue weighted by molar-refractivity contribution is 7.92. The summed E-state index contributed by atoms with van der Waals surface area (Å²) in [5, 5.41) is 2.95. The van der Waals surface area contributed by atoms with Gasteiger partial charge in [0.05, 0.1) is 11.9 Å². The molecule has 0 bridgehead atoms. The van der Waals surface area contributed by atoms with Gasteiger partial charge in [-0.3, -0.25) is 13.9 Å². The van der Waals surface area contributed by atoms with Gasteiger partial charge in [0.15, 0.2) is 11.5 Å². The third-order valence-corrected chi connectivity index (χ3v) is 7.26. The zero-order valence-electron chi connectivity index (χ0n) is 23.1. The van der Waals surface area contributed by atoms with Crippen LogP contribution in [0.15, 0.2) is 42.5 Å². The number of fused-ring (bicyclic) bond motifs is 1. The van der Waals surface area contributed by atoms with Crippen LogP contribution in [-0.4, -0.2) is 62.7 Å². The maximum Gasteiger partial charge on any atom is 0.242 e. The van der Waals surface area contributed by atoms with E-state index in [-0.39, 0.29) is 37.7 Å². The number of ether oxygens (including phenoxy) is 2. The first-order valence-corrected chi connectivity index (χ1v) is 14.6. The number of carbonyl (C=O) groups excluding carboxylic acids is 2. The minimum Gasteiger partial charge on any atom is -0.486 e. The maximum absolute atomic E-state index is 13.4. The smallest absolute Gasteiger partial charge is 0.242 e. The zero-order valence-corrected chi connectivity index (χ0v) is 23.9. The molecular formula is C28H39N3O6S. The summed E-state index contributed by atoms with van der Waals surface area (Å²) >= 11 is 0. The quantitative estimate of drug-likeness (QED) is 0.489. The second-order valence-electron chi connectivity index (χ2n) is 10.7. The molecule has 1 heterocycles. The maximum atomic E-state index is 13.4. The fraction of sp³-hybridized carbons (Fsp3) is 0.500. The van der Waals surface area contributed by atoms with Crippen LogP contribution >= 0.6 is 0 Å². The van der Waals surface area contributed by atoms with E-state index in [1.54, 1.807) is 30.0 Å². The van der Waals surface area contributed by atoms with Crippen molar-refractivity contribution in [2.24, 2.45) is 0 Å². The molecule has 2 aromatic rings. The number of hydrogen-bond donors (Lipinski definition) is 1. The van der Waals surface area contributed by atoms with Crippen LogP contribution in [0.1, 0.15) is 51.7 Å². The van der Waals surface area contributed by atoms with Gasteiger partial charge < -0.3 is 19.7 Å². The Morgan fingerprint density at radius 1 is 1.05 bits per heavy atom. The Kier molecular flexibility index (Phi) is 9.30. The lowest BCUT2D eigenvalue weighted by Crippen LogP contribution is -2.52. The topological polar surface area (TPSA) is 105 Å². The van der Waals surface area contributed by atoms with Crippen molar-refractivity contribution < 1.29 is 27.5 Å². The number of nitrogens with one attached hydrogen (secondary N) is 1. The van der Waals surface area contributed by atoms with Crippen LogP contribution in [-0.2, 0) is 26.2 Å². The van der Waals surface area contributed by atoms with E-state index >= 15 is 0 Å². The molecule has 0 saturated carbocycles. The van der Waals surface area contributed by atoms with Crippen LogP contribution in [0.4, 0.5) is 5.69 Å². The van der Waals surface area contributed by atoms with Crippen molar-refractivity contribution in [2.75, 3.05) is 30.3 Å². The molecule has 1 atom stereocenters. The number of hydrogen-bond acceptors (Lipinski definition) is 6. The van der Waals surface area contributed by atoms with Crippen LogP contribution in [0.25, 0.3) is 0 Å². The molecule has 1 unspecified atom stereocenters. The zero-order chi connectivity index (χ0) is 28.1. The summed E-state index contributed by atoms with van der Waals surface area (Å²) in [6.45, 7) is 10.6. The summed E-state index contributed by atoms with van der Waals surface area (Å²) in [4.78, 5) is 28.0. The highest BCUT2D eigenvalue weighted by atomic mass is 32.2. The Morgan fingerprint density at radius 3 is 2.37 bits per heavy atom. The van der Waals surface area contributed by atoms with Crippen molar-refractivity contribution in [2.45, 2.75) is 65.6 Å². The molecule has 1 N–H and O–H groups in total. The summed E-state index contributed by atoms with van der Waals surface area (Å²) in [7, 11) is -3.62. The van der Waals surface area contributed by atoms with Gasteiger partial charge in [0.2, 0.25) is 21.8 Å². The number of rotatable bonds is 10. The average molecular weight is 546 g/mol. The van der Waals surface area contributed by atoms with Gasteiger partial charge in [-0.25, -0.2) is 8.42 Å². The fourth-order valence-electron chi connectivity index (χ4n) is 4.25. The van der Waals surface area contributed by atoms with Crippen LogP contribution in [0, 0.1) is 6.92 Å². The molecule has 38 heavy (non-hydrogen) atoms. The first-order valence-electron chi connectivity index (χ1n) is 12.8. The Bertz CT molecular complexity index is 1260. The van der Waals surface area contributed by atoms with Crippen LogP contribution in [0.2, 0.25) is 0 Å². The van der Waals surface area contributed by atoms with Crippen molar-refractivity contribution in [3.63, 3.8) is 0 Å². The van der Waals surface area contributed by atoms with Gasteiger partial charge in [0, 0.05) is 31.1 Å². The molecule has 208 valence electrons. The van der Waals surface area contributed by atoms with Gasteiger partial charge >= 0.3 is 0 Å². The lowest BCUT2D eigenvalue weighted by molar-refractivity contribution is -0.141. The molecular weight excluding hydrogens is 506 g/mol. The minimum absolute atomic E-state index is 0.0789. The lowest BCUT2D eigenvalue weighted by Gasteiger charge is -2.32. The molecule has 10 heteroatoms. The minimum atomic E-state index is -3.62. The number of amides is 2. The van der Waals surface area contributed by atoms with Gasteiger partial charge in [-0.05, 0) is 58.7 Å². The summed E-state index contributed by atoms with van der Waals surface area (Å²) in [5.41, 5.74) is 1.98. The van der Waals surface area contributed by atoms with Crippen LogP contribution in [0.3, 0.4) is 0 Å². The van der Waals surface area contributed by atoms with Crippen LogP contribution < -0.4 is 19.1 Å². The second-order valence-corrected chi connectivity index (χ2v) is 12.6.